The third kappa shape index (κ3) is 6.02. The highest BCUT2D eigenvalue weighted by Gasteiger charge is 2.25. The molecule has 0 saturated carbocycles. The molecule has 10 nitrogen and oxygen atoms in total. The van der Waals surface area contributed by atoms with Gasteiger partial charge in [-0.25, -0.2) is 9.59 Å². The van der Waals surface area contributed by atoms with E-state index in [1.165, 1.54) is 40.6 Å². The minimum atomic E-state index is -0.883. The SMILES string of the molecule is [CH2]CC[C](OOC(=O)c1cccc(OC)c1OC)OOC(=O)c1cccc(OC)c1OC. The zero-order chi connectivity index (χ0) is 23.5. The van der Waals surface area contributed by atoms with Crippen LogP contribution in [0.5, 0.6) is 23.0 Å². The molecule has 0 unspecified atom stereocenters. The van der Waals surface area contributed by atoms with Gasteiger partial charge in [-0.1, -0.05) is 19.1 Å². The number of carbonyl (C=O) groups excluding carboxylic acids is 2. The fourth-order valence-electron chi connectivity index (χ4n) is 2.60. The second kappa shape index (κ2) is 12.4. The van der Waals surface area contributed by atoms with E-state index in [-0.39, 0.29) is 35.3 Å². The van der Waals surface area contributed by atoms with Gasteiger partial charge in [0.1, 0.15) is 11.1 Å². The Morgan fingerprint density at radius 3 is 1.47 bits per heavy atom. The lowest BCUT2D eigenvalue weighted by atomic mass is 10.2. The van der Waals surface area contributed by atoms with Crippen molar-refractivity contribution in [2.75, 3.05) is 28.4 Å². The molecule has 0 aliphatic heterocycles. The lowest BCUT2D eigenvalue weighted by Crippen LogP contribution is -2.17. The van der Waals surface area contributed by atoms with Crippen LogP contribution in [0.2, 0.25) is 0 Å². The highest BCUT2D eigenvalue weighted by atomic mass is 17.3. The second-order valence-corrected chi connectivity index (χ2v) is 5.97. The molecule has 0 N–H and O–H groups in total. The van der Waals surface area contributed by atoms with E-state index in [1.54, 1.807) is 24.3 Å². The Morgan fingerprint density at radius 1 is 0.688 bits per heavy atom. The van der Waals surface area contributed by atoms with Crippen molar-refractivity contribution < 1.29 is 48.1 Å². The van der Waals surface area contributed by atoms with Crippen LogP contribution >= 0.6 is 0 Å². The number of para-hydroxylation sites is 2. The summed E-state index contributed by atoms with van der Waals surface area (Å²) in [5.74, 6) is -0.763. The number of ether oxygens (including phenoxy) is 4. The molecule has 0 aliphatic rings. The Balaban J connectivity index is 2.03. The summed E-state index contributed by atoms with van der Waals surface area (Å²) in [6.45, 7) is 3.66. The van der Waals surface area contributed by atoms with Crippen LogP contribution in [-0.2, 0) is 19.6 Å². The quantitative estimate of drug-likeness (QED) is 0.352. The Kier molecular flexibility index (Phi) is 9.58. The van der Waals surface area contributed by atoms with Gasteiger partial charge in [-0.2, -0.15) is 0 Å². The highest BCUT2D eigenvalue weighted by Crippen LogP contribution is 2.32. The second-order valence-electron chi connectivity index (χ2n) is 5.97. The number of hydrogen-bond acceptors (Lipinski definition) is 10. The van der Waals surface area contributed by atoms with Crippen LogP contribution in [0.15, 0.2) is 36.4 Å². The molecule has 2 rings (SSSR count). The molecule has 2 aromatic rings. The van der Waals surface area contributed by atoms with E-state index in [2.05, 4.69) is 6.92 Å². The van der Waals surface area contributed by atoms with Crippen molar-refractivity contribution in [3.63, 3.8) is 0 Å². The minimum Gasteiger partial charge on any atom is -0.493 e. The normalized spacial score (nSPS) is 10.4. The van der Waals surface area contributed by atoms with Crippen LogP contribution < -0.4 is 18.9 Å². The van der Waals surface area contributed by atoms with Crippen LogP contribution in [0, 0.1) is 13.2 Å². The van der Waals surface area contributed by atoms with E-state index in [4.69, 9.17) is 38.5 Å². The van der Waals surface area contributed by atoms with E-state index in [0.29, 0.717) is 17.9 Å². The molecular formula is C22H24O10. The molecule has 2 radical (unpaired) electrons. The van der Waals surface area contributed by atoms with Crippen LogP contribution in [0.3, 0.4) is 0 Å². The first-order chi connectivity index (χ1) is 15.5. The molecule has 0 saturated heterocycles. The van der Waals surface area contributed by atoms with Gasteiger partial charge in [-0.3, -0.25) is 9.78 Å². The van der Waals surface area contributed by atoms with Gasteiger partial charge < -0.3 is 18.9 Å². The number of methoxy groups -OCH3 is 4. The number of benzene rings is 2. The molecule has 0 heterocycles. The molecule has 0 aliphatic carbocycles. The van der Waals surface area contributed by atoms with Gasteiger partial charge in [0.2, 0.25) is 0 Å². The Hall–Kier alpha value is -3.50. The fourth-order valence-corrected chi connectivity index (χ4v) is 2.60. The largest absolute Gasteiger partial charge is 0.493 e. The first-order valence-corrected chi connectivity index (χ1v) is 9.35. The molecule has 10 heteroatoms. The van der Waals surface area contributed by atoms with Crippen LogP contribution in [-0.4, -0.2) is 40.4 Å². The third-order valence-corrected chi connectivity index (χ3v) is 4.05. The summed E-state index contributed by atoms with van der Waals surface area (Å²) in [4.78, 5) is 44.3. The molecule has 0 aromatic heterocycles. The molecule has 172 valence electrons. The summed E-state index contributed by atoms with van der Waals surface area (Å²) in [5.41, 5.74) is 0.109. The van der Waals surface area contributed by atoms with Crippen LogP contribution in [0.1, 0.15) is 33.6 Å². The maximum atomic E-state index is 12.4. The molecule has 0 spiro atoms. The lowest BCUT2D eigenvalue weighted by molar-refractivity contribution is -0.363. The fraction of sp³-hybridized carbons (Fsp3) is 0.273. The van der Waals surface area contributed by atoms with Crippen LogP contribution in [0.4, 0.5) is 0 Å². The van der Waals surface area contributed by atoms with E-state index in [0.717, 1.165) is 0 Å². The first-order valence-electron chi connectivity index (χ1n) is 9.35. The maximum absolute atomic E-state index is 12.4. The van der Waals surface area contributed by atoms with Crippen molar-refractivity contribution in [2.24, 2.45) is 0 Å². The summed E-state index contributed by atoms with van der Waals surface area (Å²) >= 11 is 0. The average Bonchev–Trinajstić information content (AvgIpc) is 2.83. The predicted octanol–water partition coefficient (Wildman–Crippen LogP) is 3.70. The zero-order valence-electron chi connectivity index (χ0n) is 18.2. The molecular weight excluding hydrogens is 424 g/mol. The lowest BCUT2D eigenvalue weighted by Gasteiger charge is -2.15. The molecule has 0 fully saturated rings. The zero-order valence-corrected chi connectivity index (χ0v) is 18.2. The van der Waals surface area contributed by atoms with Crippen molar-refractivity contribution >= 4 is 11.9 Å². The smallest absolute Gasteiger partial charge is 0.377 e. The Morgan fingerprint density at radius 2 is 1.12 bits per heavy atom. The Labute approximate surface area is 185 Å². The molecule has 32 heavy (non-hydrogen) atoms. The monoisotopic (exact) mass is 448 g/mol. The average molecular weight is 448 g/mol. The maximum Gasteiger partial charge on any atom is 0.377 e. The number of hydrogen-bond donors (Lipinski definition) is 0. The van der Waals surface area contributed by atoms with E-state index < -0.39 is 11.9 Å². The van der Waals surface area contributed by atoms with Gasteiger partial charge in [0.05, 0.1) is 28.4 Å². The summed E-state index contributed by atoms with van der Waals surface area (Å²) in [7, 11) is 5.63. The minimum absolute atomic E-state index is 0.0546. The van der Waals surface area contributed by atoms with Crippen molar-refractivity contribution in [1.82, 2.24) is 0 Å². The summed E-state index contributed by atoms with van der Waals surface area (Å²) < 4.78 is 20.7. The van der Waals surface area contributed by atoms with E-state index >= 15 is 0 Å². The number of carbonyl (C=O) groups is 2. The molecule has 0 amide bonds. The van der Waals surface area contributed by atoms with Crippen LogP contribution in [0.25, 0.3) is 0 Å². The van der Waals surface area contributed by atoms with E-state index in [1.807, 2.05) is 0 Å². The van der Waals surface area contributed by atoms with Crippen molar-refractivity contribution in [3.8, 4) is 23.0 Å². The van der Waals surface area contributed by atoms with Gasteiger partial charge in [-0.05, 0) is 30.7 Å². The van der Waals surface area contributed by atoms with Gasteiger partial charge in [0.15, 0.2) is 23.0 Å². The summed E-state index contributed by atoms with van der Waals surface area (Å²) in [6.07, 6.45) is 0.0749. The van der Waals surface area contributed by atoms with Gasteiger partial charge >= 0.3 is 18.2 Å². The first kappa shape index (κ1) is 24.8. The van der Waals surface area contributed by atoms with Gasteiger partial charge in [0, 0.05) is 6.42 Å². The van der Waals surface area contributed by atoms with Gasteiger partial charge in [0.25, 0.3) is 0 Å². The summed E-state index contributed by atoms with van der Waals surface area (Å²) in [5, 5.41) is 0. The van der Waals surface area contributed by atoms with Crippen molar-refractivity contribution in [3.05, 3.63) is 60.7 Å². The Bertz CT molecular complexity index is 840. The summed E-state index contributed by atoms with van der Waals surface area (Å²) in [6, 6.07) is 9.32. The molecule has 2 aromatic carbocycles. The number of rotatable bonds is 12. The third-order valence-electron chi connectivity index (χ3n) is 4.05. The molecule has 0 bridgehead atoms. The highest BCUT2D eigenvalue weighted by molar-refractivity contribution is 5.93. The topological polar surface area (TPSA) is 108 Å². The van der Waals surface area contributed by atoms with Crippen molar-refractivity contribution in [1.29, 1.82) is 0 Å². The van der Waals surface area contributed by atoms with Gasteiger partial charge in [-0.15, -0.1) is 9.78 Å². The predicted molar refractivity (Wildman–Crippen MR) is 110 cm³/mol. The van der Waals surface area contributed by atoms with E-state index in [9.17, 15) is 9.59 Å². The van der Waals surface area contributed by atoms with Crippen molar-refractivity contribution in [2.45, 2.75) is 12.8 Å². The molecule has 0 atom stereocenters. The standard InChI is InChI=1S/C22H24O10/c1-6-9-18(29-31-21(23)14-10-7-12-16(25-2)19(14)27-4)30-32-22(24)15-11-8-13-17(26-3)20(15)28-5/h7-8,10-13H,1,6,9H2,2-5H3.